The molecule has 0 saturated heterocycles. The Morgan fingerprint density at radius 2 is 2.12 bits per heavy atom. The first-order chi connectivity index (χ1) is 7.71. The van der Waals surface area contributed by atoms with Crippen molar-refractivity contribution in [2.24, 2.45) is 5.73 Å². The fourth-order valence-electron chi connectivity index (χ4n) is 1.43. The highest BCUT2D eigenvalue weighted by Crippen LogP contribution is 2.30. The van der Waals surface area contributed by atoms with Crippen molar-refractivity contribution in [1.82, 2.24) is 0 Å². The van der Waals surface area contributed by atoms with Gasteiger partial charge in [0.25, 0.3) is 0 Å². The van der Waals surface area contributed by atoms with Crippen LogP contribution in [-0.4, -0.2) is 26.2 Å². The third kappa shape index (κ3) is 3.70. The van der Waals surface area contributed by atoms with Crippen LogP contribution in [0, 0.1) is 0 Å². The highest BCUT2D eigenvalue weighted by molar-refractivity contribution is 7.99. The molecule has 0 fully saturated rings. The molecule has 0 heterocycles. The van der Waals surface area contributed by atoms with E-state index in [1.54, 1.807) is 26.0 Å². The van der Waals surface area contributed by atoms with Gasteiger partial charge in [0.15, 0.2) is 0 Å². The molecule has 1 aromatic carbocycles. The van der Waals surface area contributed by atoms with Gasteiger partial charge in [-0.1, -0.05) is 13.0 Å². The summed E-state index contributed by atoms with van der Waals surface area (Å²) in [7, 11) is 3.30. The van der Waals surface area contributed by atoms with Gasteiger partial charge in [-0.2, -0.15) is 0 Å². The molecule has 1 atom stereocenters. The van der Waals surface area contributed by atoms with Crippen LogP contribution in [0.2, 0.25) is 0 Å². The summed E-state index contributed by atoms with van der Waals surface area (Å²) in [4.78, 5) is 1.17. The summed E-state index contributed by atoms with van der Waals surface area (Å²) in [5.41, 5.74) is 6.86. The van der Waals surface area contributed by atoms with Crippen molar-refractivity contribution in [1.29, 1.82) is 0 Å². The van der Waals surface area contributed by atoms with Crippen LogP contribution in [0.1, 0.15) is 12.5 Å². The average molecular weight is 241 g/mol. The number of hydrogen-bond acceptors (Lipinski definition) is 4. The zero-order valence-corrected chi connectivity index (χ0v) is 10.8. The summed E-state index contributed by atoms with van der Waals surface area (Å²) in [6, 6.07) is 6.17. The molecule has 1 rings (SSSR count). The molecule has 0 aliphatic rings. The van der Waals surface area contributed by atoms with E-state index < -0.39 is 0 Å². The van der Waals surface area contributed by atoms with Crippen molar-refractivity contribution in [2.45, 2.75) is 24.5 Å². The molecule has 0 spiro atoms. The predicted molar refractivity (Wildman–Crippen MR) is 68.1 cm³/mol. The van der Waals surface area contributed by atoms with Crippen LogP contribution in [0.15, 0.2) is 23.1 Å². The Kier molecular flexibility index (Phi) is 5.66. The summed E-state index contributed by atoms with van der Waals surface area (Å²) < 4.78 is 10.4. The van der Waals surface area contributed by atoms with Gasteiger partial charge in [-0.25, -0.2) is 0 Å². The van der Waals surface area contributed by atoms with E-state index in [0.717, 1.165) is 17.1 Å². The van der Waals surface area contributed by atoms with Crippen LogP contribution in [0.5, 0.6) is 5.75 Å². The summed E-state index contributed by atoms with van der Waals surface area (Å²) in [5, 5.41) is 0. The van der Waals surface area contributed by atoms with Crippen molar-refractivity contribution in [3.8, 4) is 5.75 Å². The number of ether oxygens (including phenoxy) is 2. The third-order valence-corrected chi connectivity index (χ3v) is 3.20. The largest absolute Gasteiger partial charge is 0.496 e. The van der Waals surface area contributed by atoms with Crippen LogP contribution < -0.4 is 10.5 Å². The van der Waals surface area contributed by atoms with Crippen molar-refractivity contribution in [3.63, 3.8) is 0 Å². The molecule has 0 amide bonds. The lowest BCUT2D eigenvalue weighted by Crippen LogP contribution is -2.24. The Morgan fingerprint density at radius 3 is 2.69 bits per heavy atom. The fourth-order valence-corrected chi connectivity index (χ4v) is 2.19. The molecule has 90 valence electrons. The van der Waals surface area contributed by atoms with Gasteiger partial charge >= 0.3 is 0 Å². The molecular formula is C12H19NO2S. The van der Waals surface area contributed by atoms with Gasteiger partial charge in [-0.3, -0.25) is 0 Å². The van der Waals surface area contributed by atoms with Crippen molar-refractivity contribution >= 4 is 11.8 Å². The quantitative estimate of drug-likeness (QED) is 0.613. The minimum absolute atomic E-state index is 0.255. The number of methoxy groups -OCH3 is 2. The summed E-state index contributed by atoms with van der Waals surface area (Å²) >= 11 is 1.77. The van der Waals surface area contributed by atoms with E-state index in [4.69, 9.17) is 15.2 Å². The maximum atomic E-state index is 5.72. The lowest BCUT2D eigenvalue weighted by Gasteiger charge is -2.12. The molecule has 2 N–H and O–H groups in total. The van der Waals surface area contributed by atoms with Gasteiger partial charge in [0, 0.05) is 18.4 Å². The van der Waals surface area contributed by atoms with Crippen LogP contribution in [0.4, 0.5) is 0 Å². The standard InChI is InChI=1S/C12H19NO2S/c1-4-16-11-6-5-9(7-10(11)14-2)8-12(13)15-3/h5-7,12H,4,8,13H2,1-3H3. The van der Waals surface area contributed by atoms with Crippen molar-refractivity contribution in [3.05, 3.63) is 23.8 Å². The lowest BCUT2D eigenvalue weighted by atomic mass is 10.1. The molecule has 0 saturated carbocycles. The van der Waals surface area contributed by atoms with E-state index >= 15 is 0 Å². The normalized spacial score (nSPS) is 12.5. The SMILES string of the molecule is CCSc1ccc(CC(N)OC)cc1OC. The van der Waals surface area contributed by atoms with E-state index in [9.17, 15) is 0 Å². The zero-order valence-electron chi connectivity index (χ0n) is 10.0. The molecule has 16 heavy (non-hydrogen) atoms. The molecule has 1 aromatic rings. The molecular weight excluding hydrogens is 222 g/mol. The topological polar surface area (TPSA) is 44.5 Å². The first-order valence-corrected chi connectivity index (χ1v) is 6.27. The monoisotopic (exact) mass is 241 g/mol. The van der Waals surface area contributed by atoms with Gasteiger partial charge in [0.05, 0.1) is 7.11 Å². The number of hydrogen-bond donors (Lipinski definition) is 1. The molecule has 0 bridgehead atoms. The Balaban J connectivity index is 2.81. The summed E-state index contributed by atoms with van der Waals surface area (Å²) in [6.45, 7) is 2.12. The molecule has 3 nitrogen and oxygen atoms in total. The number of nitrogens with two attached hydrogens (primary N) is 1. The molecule has 0 radical (unpaired) electrons. The van der Waals surface area contributed by atoms with E-state index in [1.807, 2.05) is 6.07 Å². The van der Waals surface area contributed by atoms with Crippen LogP contribution in [0.25, 0.3) is 0 Å². The van der Waals surface area contributed by atoms with E-state index in [-0.39, 0.29) is 6.23 Å². The molecule has 0 aliphatic heterocycles. The van der Waals surface area contributed by atoms with E-state index in [0.29, 0.717) is 6.42 Å². The van der Waals surface area contributed by atoms with Crippen molar-refractivity contribution < 1.29 is 9.47 Å². The number of benzene rings is 1. The van der Waals surface area contributed by atoms with E-state index in [2.05, 4.69) is 19.1 Å². The zero-order chi connectivity index (χ0) is 12.0. The highest BCUT2D eigenvalue weighted by atomic mass is 32.2. The summed E-state index contributed by atoms with van der Waals surface area (Å²) in [5.74, 6) is 1.94. The second-order valence-electron chi connectivity index (χ2n) is 3.40. The van der Waals surface area contributed by atoms with Gasteiger partial charge in [-0.05, 0) is 23.4 Å². The first kappa shape index (κ1) is 13.4. The smallest absolute Gasteiger partial charge is 0.132 e. The molecule has 0 aliphatic carbocycles. The van der Waals surface area contributed by atoms with Gasteiger partial charge in [0.1, 0.15) is 12.0 Å². The lowest BCUT2D eigenvalue weighted by molar-refractivity contribution is 0.109. The minimum atomic E-state index is -0.255. The second kappa shape index (κ2) is 6.78. The Labute approximate surface area is 101 Å². The third-order valence-electron chi connectivity index (χ3n) is 2.27. The van der Waals surface area contributed by atoms with Crippen LogP contribution in [-0.2, 0) is 11.2 Å². The average Bonchev–Trinajstić information content (AvgIpc) is 2.31. The Morgan fingerprint density at radius 1 is 1.38 bits per heavy atom. The highest BCUT2D eigenvalue weighted by Gasteiger charge is 2.07. The van der Waals surface area contributed by atoms with Gasteiger partial charge < -0.3 is 15.2 Å². The molecule has 0 aromatic heterocycles. The molecule has 1 unspecified atom stereocenters. The van der Waals surface area contributed by atoms with Gasteiger partial charge in [0.2, 0.25) is 0 Å². The van der Waals surface area contributed by atoms with Crippen LogP contribution in [0.3, 0.4) is 0 Å². The predicted octanol–water partition coefficient (Wildman–Crippen LogP) is 2.28. The van der Waals surface area contributed by atoms with Crippen LogP contribution >= 0.6 is 11.8 Å². The Bertz CT molecular complexity index is 331. The van der Waals surface area contributed by atoms with E-state index in [1.165, 1.54) is 4.90 Å². The second-order valence-corrected chi connectivity index (χ2v) is 4.70. The number of rotatable bonds is 6. The molecule has 4 heteroatoms. The fraction of sp³-hybridized carbons (Fsp3) is 0.500. The maximum Gasteiger partial charge on any atom is 0.132 e. The number of thioether (sulfide) groups is 1. The minimum Gasteiger partial charge on any atom is -0.496 e. The van der Waals surface area contributed by atoms with Gasteiger partial charge in [-0.15, -0.1) is 11.8 Å². The maximum absolute atomic E-state index is 5.72. The first-order valence-electron chi connectivity index (χ1n) is 5.29. The summed E-state index contributed by atoms with van der Waals surface area (Å²) in [6.07, 6.45) is 0.443. The van der Waals surface area contributed by atoms with Crippen molar-refractivity contribution in [2.75, 3.05) is 20.0 Å². The Hall–Kier alpha value is -0.710.